The molecule has 4 rings (SSSR count). The molecule has 3 aliphatic rings. The van der Waals surface area contributed by atoms with Crippen molar-refractivity contribution in [2.45, 2.75) is 58.4 Å². The number of aryl methyl sites for hydroxylation is 1. The molecule has 0 atom stereocenters. The van der Waals surface area contributed by atoms with E-state index in [4.69, 9.17) is 4.98 Å². The highest BCUT2D eigenvalue weighted by molar-refractivity contribution is 5.79. The first-order valence-corrected chi connectivity index (χ1v) is 9.12. The zero-order valence-electron chi connectivity index (χ0n) is 14.1. The third-order valence-corrected chi connectivity index (χ3v) is 5.57. The van der Waals surface area contributed by atoms with Gasteiger partial charge in [-0.2, -0.15) is 0 Å². The fourth-order valence-corrected chi connectivity index (χ4v) is 4.33. The number of carbonyl (C=O) groups is 1. The average Bonchev–Trinajstić information content (AvgIpc) is 3.26. The van der Waals surface area contributed by atoms with Crippen LogP contribution in [0.3, 0.4) is 0 Å². The molecule has 0 unspecified atom stereocenters. The van der Waals surface area contributed by atoms with Crippen LogP contribution in [-0.2, 0) is 17.8 Å². The van der Waals surface area contributed by atoms with E-state index in [0.717, 1.165) is 56.2 Å². The second-order valence-electron chi connectivity index (χ2n) is 7.21. The van der Waals surface area contributed by atoms with E-state index in [1.54, 1.807) is 0 Å². The van der Waals surface area contributed by atoms with Crippen LogP contribution in [0.4, 0.5) is 5.82 Å². The lowest BCUT2D eigenvalue weighted by Crippen LogP contribution is -2.40. The van der Waals surface area contributed by atoms with Gasteiger partial charge in [0.1, 0.15) is 11.6 Å². The molecule has 5 heteroatoms. The van der Waals surface area contributed by atoms with Crippen LogP contribution in [0.1, 0.15) is 55.6 Å². The van der Waals surface area contributed by atoms with Crippen molar-refractivity contribution in [3.05, 3.63) is 17.1 Å². The molecular weight excluding hydrogens is 288 g/mol. The van der Waals surface area contributed by atoms with Crippen LogP contribution in [0.2, 0.25) is 0 Å². The Kier molecular flexibility index (Phi) is 3.95. The Balaban J connectivity index is 1.61. The molecule has 1 saturated heterocycles. The maximum atomic E-state index is 12.8. The third-order valence-electron chi connectivity index (χ3n) is 5.57. The number of amides is 1. The molecule has 0 radical (unpaired) electrons. The van der Waals surface area contributed by atoms with Crippen molar-refractivity contribution in [1.82, 2.24) is 14.9 Å². The normalized spacial score (nSPS) is 21.8. The summed E-state index contributed by atoms with van der Waals surface area (Å²) in [5.41, 5.74) is 2.37. The Morgan fingerprint density at radius 1 is 1.04 bits per heavy atom. The lowest BCUT2D eigenvalue weighted by molar-refractivity contribution is -0.136. The van der Waals surface area contributed by atoms with Crippen LogP contribution in [0.5, 0.6) is 0 Å². The minimum Gasteiger partial charge on any atom is -0.356 e. The Hall–Kier alpha value is -1.65. The molecule has 1 amide bonds. The maximum Gasteiger partial charge on any atom is 0.225 e. The van der Waals surface area contributed by atoms with Crippen LogP contribution in [0, 0.1) is 12.8 Å². The van der Waals surface area contributed by atoms with Crippen molar-refractivity contribution in [1.29, 1.82) is 0 Å². The first-order valence-electron chi connectivity index (χ1n) is 9.12. The third kappa shape index (κ3) is 2.81. The number of nitrogens with zero attached hydrogens (tertiary/aromatic N) is 4. The number of rotatable bonds is 2. The van der Waals surface area contributed by atoms with E-state index < -0.39 is 0 Å². The van der Waals surface area contributed by atoms with Crippen molar-refractivity contribution in [3.8, 4) is 0 Å². The van der Waals surface area contributed by atoms with Gasteiger partial charge in [0.2, 0.25) is 5.91 Å². The van der Waals surface area contributed by atoms with E-state index in [9.17, 15) is 4.79 Å². The summed E-state index contributed by atoms with van der Waals surface area (Å²) in [6.45, 7) is 5.67. The van der Waals surface area contributed by atoms with Gasteiger partial charge in [-0.25, -0.2) is 9.97 Å². The minimum absolute atomic E-state index is 0.262. The number of hydrogen-bond acceptors (Lipinski definition) is 4. The molecule has 1 saturated carbocycles. The molecule has 0 aromatic carbocycles. The fraction of sp³-hybridized carbons (Fsp3) is 0.722. The van der Waals surface area contributed by atoms with Crippen LogP contribution >= 0.6 is 0 Å². The molecule has 0 N–H and O–H groups in total. The standard InChI is InChI=1S/C18H26N4O/c1-13-19-16-8-11-22(18(23)14-6-2-3-7-14)12-15(16)17(20-13)21-9-4-5-10-21/h14H,2-12H2,1H3. The van der Waals surface area contributed by atoms with Gasteiger partial charge in [0.25, 0.3) is 0 Å². The second kappa shape index (κ2) is 6.10. The zero-order chi connectivity index (χ0) is 15.8. The van der Waals surface area contributed by atoms with Crippen LogP contribution in [0.15, 0.2) is 0 Å². The Morgan fingerprint density at radius 2 is 1.78 bits per heavy atom. The average molecular weight is 314 g/mol. The summed E-state index contributed by atoms with van der Waals surface area (Å²) in [7, 11) is 0. The summed E-state index contributed by atoms with van der Waals surface area (Å²) in [4.78, 5) is 26.6. The number of carbonyl (C=O) groups excluding carboxylic acids is 1. The van der Waals surface area contributed by atoms with E-state index in [-0.39, 0.29) is 5.92 Å². The topological polar surface area (TPSA) is 49.3 Å². The summed E-state index contributed by atoms with van der Waals surface area (Å²) in [5.74, 6) is 2.58. The van der Waals surface area contributed by atoms with Crippen LogP contribution < -0.4 is 4.90 Å². The van der Waals surface area contributed by atoms with Crippen molar-refractivity contribution < 1.29 is 4.79 Å². The zero-order valence-corrected chi connectivity index (χ0v) is 14.1. The van der Waals surface area contributed by atoms with Crippen molar-refractivity contribution in [2.75, 3.05) is 24.5 Å². The monoisotopic (exact) mass is 314 g/mol. The van der Waals surface area contributed by atoms with Crippen LogP contribution in [0.25, 0.3) is 0 Å². The van der Waals surface area contributed by atoms with Crippen molar-refractivity contribution >= 4 is 11.7 Å². The summed E-state index contributed by atoms with van der Waals surface area (Å²) < 4.78 is 0. The van der Waals surface area contributed by atoms with Gasteiger partial charge in [0.05, 0.1) is 12.2 Å². The Morgan fingerprint density at radius 3 is 2.52 bits per heavy atom. The highest BCUT2D eigenvalue weighted by atomic mass is 16.2. The molecule has 1 aromatic heterocycles. The van der Waals surface area contributed by atoms with E-state index in [2.05, 4.69) is 14.8 Å². The van der Waals surface area contributed by atoms with Crippen molar-refractivity contribution in [3.63, 3.8) is 0 Å². The van der Waals surface area contributed by atoms with E-state index in [1.165, 1.54) is 31.2 Å². The molecule has 2 aliphatic heterocycles. The number of hydrogen-bond donors (Lipinski definition) is 0. The van der Waals surface area contributed by atoms with Gasteiger partial charge in [0, 0.05) is 37.5 Å². The highest BCUT2D eigenvalue weighted by Gasteiger charge is 2.32. The van der Waals surface area contributed by atoms with E-state index >= 15 is 0 Å². The number of fused-ring (bicyclic) bond motifs is 1. The highest BCUT2D eigenvalue weighted by Crippen LogP contribution is 2.32. The Bertz CT molecular complexity index is 603. The summed E-state index contributed by atoms with van der Waals surface area (Å²) in [5, 5.41) is 0. The number of aromatic nitrogens is 2. The van der Waals surface area contributed by atoms with Gasteiger partial charge >= 0.3 is 0 Å². The van der Waals surface area contributed by atoms with Gasteiger partial charge in [0.15, 0.2) is 0 Å². The first-order chi connectivity index (χ1) is 11.2. The van der Waals surface area contributed by atoms with Crippen molar-refractivity contribution in [2.24, 2.45) is 5.92 Å². The lowest BCUT2D eigenvalue weighted by atomic mass is 10.0. The van der Waals surface area contributed by atoms with E-state index in [0.29, 0.717) is 12.5 Å². The lowest BCUT2D eigenvalue weighted by Gasteiger charge is -2.33. The Labute approximate surface area is 138 Å². The summed E-state index contributed by atoms with van der Waals surface area (Å²) in [6.07, 6.45) is 7.92. The van der Waals surface area contributed by atoms with Crippen LogP contribution in [-0.4, -0.2) is 40.4 Å². The molecule has 0 bridgehead atoms. The summed E-state index contributed by atoms with van der Waals surface area (Å²) >= 11 is 0. The SMILES string of the molecule is Cc1nc2c(c(N3CCCC3)n1)CN(C(=O)C1CCCC1)CC2. The first kappa shape index (κ1) is 14.9. The molecule has 1 aromatic rings. The quantitative estimate of drug-likeness (QED) is 0.841. The number of anilines is 1. The van der Waals surface area contributed by atoms with E-state index in [1.807, 2.05) is 6.92 Å². The molecule has 0 spiro atoms. The van der Waals surface area contributed by atoms with Gasteiger partial charge in [-0.1, -0.05) is 12.8 Å². The van der Waals surface area contributed by atoms with Gasteiger partial charge in [-0.3, -0.25) is 4.79 Å². The molecule has 1 aliphatic carbocycles. The van der Waals surface area contributed by atoms with Gasteiger partial charge < -0.3 is 9.80 Å². The largest absolute Gasteiger partial charge is 0.356 e. The molecule has 3 heterocycles. The smallest absolute Gasteiger partial charge is 0.225 e. The minimum atomic E-state index is 0.262. The molecular formula is C18H26N4O. The second-order valence-corrected chi connectivity index (χ2v) is 7.21. The molecule has 5 nitrogen and oxygen atoms in total. The maximum absolute atomic E-state index is 12.8. The van der Waals surface area contributed by atoms with Gasteiger partial charge in [-0.05, 0) is 32.6 Å². The molecule has 23 heavy (non-hydrogen) atoms. The molecule has 2 fully saturated rings. The predicted octanol–water partition coefficient (Wildman–Crippen LogP) is 2.46. The predicted molar refractivity (Wildman–Crippen MR) is 89.3 cm³/mol. The summed E-state index contributed by atoms with van der Waals surface area (Å²) in [6, 6.07) is 0. The van der Waals surface area contributed by atoms with Gasteiger partial charge in [-0.15, -0.1) is 0 Å². The molecule has 124 valence electrons. The fourth-order valence-electron chi connectivity index (χ4n) is 4.33.